The summed E-state index contributed by atoms with van der Waals surface area (Å²) in [5.41, 5.74) is 0.749. The number of carbonyl (C=O) groups is 2. The van der Waals surface area contributed by atoms with E-state index in [1.807, 2.05) is 0 Å². The second-order valence-electron chi connectivity index (χ2n) is 3.13. The topological polar surface area (TPSA) is 72.8 Å². The Morgan fingerprint density at radius 3 is 2.12 bits per heavy atom. The van der Waals surface area contributed by atoms with Crippen LogP contribution in [0.4, 0.5) is 0 Å². The van der Waals surface area contributed by atoms with E-state index in [9.17, 15) is 9.59 Å². The van der Waals surface area contributed by atoms with Crippen LogP contribution < -0.4 is 9.47 Å². The molecule has 0 saturated heterocycles. The van der Waals surface area contributed by atoms with E-state index in [1.165, 1.54) is 20.3 Å². The SMILES string of the molecule is COc1c(C)ccc(C(=O)C(=O)O)c1OC. The van der Waals surface area contributed by atoms with Gasteiger partial charge in [0, 0.05) is 0 Å². The van der Waals surface area contributed by atoms with Crippen molar-refractivity contribution in [1.29, 1.82) is 0 Å². The maximum Gasteiger partial charge on any atom is 0.377 e. The summed E-state index contributed by atoms with van der Waals surface area (Å²) in [6, 6.07) is 3.02. The number of hydrogen-bond donors (Lipinski definition) is 1. The molecule has 5 nitrogen and oxygen atoms in total. The molecule has 0 heterocycles. The summed E-state index contributed by atoms with van der Waals surface area (Å²) in [7, 11) is 2.79. The quantitative estimate of drug-likeness (QED) is 0.616. The minimum absolute atomic E-state index is 0.0162. The van der Waals surface area contributed by atoms with Crippen molar-refractivity contribution < 1.29 is 24.2 Å². The zero-order chi connectivity index (χ0) is 12.3. The van der Waals surface area contributed by atoms with E-state index in [-0.39, 0.29) is 11.3 Å². The number of carboxylic acid groups (broad SMARTS) is 1. The number of ether oxygens (including phenoxy) is 2. The molecule has 1 aromatic carbocycles. The lowest BCUT2D eigenvalue weighted by Gasteiger charge is -2.12. The highest BCUT2D eigenvalue weighted by molar-refractivity contribution is 6.40. The van der Waals surface area contributed by atoms with Crippen molar-refractivity contribution in [1.82, 2.24) is 0 Å². The van der Waals surface area contributed by atoms with Gasteiger partial charge in [0.25, 0.3) is 5.78 Å². The summed E-state index contributed by atoms with van der Waals surface area (Å²) >= 11 is 0. The molecule has 0 aliphatic rings. The Morgan fingerprint density at radius 2 is 1.69 bits per heavy atom. The van der Waals surface area contributed by atoms with Crippen LogP contribution >= 0.6 is 0 Å². The zero-order valence-corrected chi connectivity index (χ0v) is 9.23. The Labute approximate surface area is 92.6 Å². The van der Waals surface area contributed by atoms with Crippen LogP contribution in [0.15, 0.2) is 12.1 Å². The van der Waals surface area contributed by atoms with Crippen molar-refractivity contribution >= 4 is 11.8 Å². The molecule has 1 rings (SSSR count). The molecule has 0 aromatic heterocycles. The summed E-state index contributed by atoms with van der Waals surface area (Å²) in [6.07, 6.45) is 0. The predicted molar refractivity (Wildman–Crippen MR) is 56.2 cm³/mol. The second-order valence-corrected chi connectivity index (χ2v) is 3.13. The molecular formula is C11H12O5. The van der Waals surface area contributed by atoms with E-state index in [2.05, 4.69) is 0 Å². The van der Waals surface area contributed by atoms with Crippen LogP contribution in [0.25, 0.3) is 0 Å². The number of Topliss-reactive ketones (excluding diaryl/α,β-unsaturated/α-hetero) is 1. The van der Waals surface area contributed by atoms with Crippen molar-refractivity contribution in [3.8, 4) is 11.5 Å². The van der Waals surface area contributed by atoms with Gasteiger partial charge in [-0.2, -0.15) is 0 Å². The van der Waals surface area contributed by atoms with E-state index in [4.69, 9.17) is 14.6 Å². The molecule has 0 bridgehead atoms. The van der Waals surface area contributed by atoms with Crippen LogP contribution in [-0.2, 0) is 4.79 Å². The third kappa shape index (κ3) is 1.98. The van der Waals surface area contributed by atoms with E-state index < -0.39 is 11.8 Å². The summed E-state index contributed by atoms with van der Waals surface area (Å²) in [5, 5.41) is 8.64. The van der Waals surface area contributed by atoms with Gasteiger partial charge < -0.3 is 14.6 Å². The van der Waals surface area contributed by atoms with E-state index in [0.717, 1.165) is 5.56 Å². The van der Waals surface area contributed by atoms with Crippen LogP contribution in [0, 0.1) is 6.92 Å². The lowest BCUT2D eigenvalue weighted by Crippen LogP contribution is -2.14. The molecule has 16 heavy (non-hydrogen) atoms. The maximum atomic E-state index is 11.4. The monoisotopic (exact) mass is 224 g/mol. The molecule has 0 aliphatic heterocycles. The number of carboxylic acids is 1. The third-order valence-corrected chi connectivity index (χ3v) is 2.16. The lowest BCUT2D eigenvalue weighted by atomic mass is 10.1. The van der Waals surface area contributed by atoms with E-state index in [0.29, 0.717) is 5.75 Å². The fourth-order valence-electron chi connectivity index (χ4n) is 1.41. The maximum absolute atomic E-state index is 11.4. The Balaban J connectivity index is 3.41. The number of carbonyl (C=O) groups excluding carboxylic acids is 1. The first-order valence-corrected chi connectivity index (χ1v) is 4.52. The molecule has 0 radical (unpaired) electrons. The highest BCUT2D eigenvalue weighted by atomic mass is 16.5. The van der Waals surface area contributed by atoms with Crippen molar-refractivity contribution in [2.45, 2.75) is 6.92 Å². The van der Waals surface area contributed by atoms with Gasteiger partial charge in [-0.25, -0.2) is 4.79 Å². The van der Waals surface area contributed by atoms with Crippen LogP contribution in [0.1, 0.15) is 15.9 Å². The van der Waals surface area contributed by atoms with Gasteiger partial charge >= 0.3 is 5.97 Å². The smallest absolute Gasteiger partial charge is 0.377 e. The van der Waals surface area contributed by atoms with Crippen LogP contribution in [0.5, 0.6) is 11.5 Å². The highest BCUT2D eigenvalue weighted by Crippen LogP contribution is 2.34. The lowest BCUT2D eigenvalue weighted by molar-refractivity contribution is -0.131. The van der Waals surface area contributed by atoms with E-state index >= 15 is 0 Å². The molecular weight excluding hydrogens is 212 g/mol. The highest BCUT2D eigenvalue weighted by Gasteiger charge is 2.23. The number of aryl methyl sites for hydroxylation is 1. The average molecular weight is 224 g/mol. The molecule has 0 aliphatic carbocycles. The summed E-state index contributed by atoms with van der Waals surface area (Å²) in [5.74, 6) is -2.02. The molecule has 1 N–H and O–H groups in total. The van der Waals surface area contributed by atoms with Gasteiger partial charge in [0.2, 0.25) is 0 Å². The minimum Gasteiger partial charge on any atom is -0.493 e. The Kier molecular flexibility index (Phi) is 3.50. The Bertz CT molecular complexity index is 436. The summed E-state index contributed by atoms with van der Waals surface area (Å²) in [4.78, 5) is 22.0. The first-order chi connectivity index (χ1) is 7.52. The fourth-order valence-corrected chi connectivity index (χ4v) is 1.41. The molecule has 0 saturated carbocycles. The van der Waals surface area contributed by atoms with Gasteiger partial charge in [0.1, 0.15) is 0 Å². The third-order valence-electron chi connectivity index (χ3n) is 2.16. The second kappa shape index (κ2) is 4.65. The van der Waals surface area contributed by atoms with Gasteiger partial charge in [-0.1, -0.05) is 6.07 Å². The van der Waals surface area contributed by atoms with Crippen molar-refractivity contribution in [3.63, 3.8) is 0 Å². The minimum atomic E-state index is -1.52. The average Bonchev–Trinajstić information content (AvgIpc) is 2.27. The summed E-state index contributed by atoms with van der Waals surface area (Å²) < 4.78 is 10.1. The number of hydrogen-bond acceptors (Lipinski definition) is 4. The van der Waals surface area contributed by atoms with Gasteiger partial charge in [-0.15, -0.1) is 0 Å². The predicted octanol–water partition coefficient (Wildman–Crippen LogP) is 1.28. The van der Waals surface area contributed by atoms with E-state index in [1.54, 1.807) is 13.0 Å². The Morgan fingerprint density at radius 1 is 1.12 bits per heavy atom. The molecule has 0 unspecified atom stereocenters. The standard InChI is InChI=1S/C11H12O5/c1-6-4-5-7(8(12)11(13)14)10(16-3)9(6)15-2/h4-5H,1-3H3,(H,13,14). The fraction of sp³-hybridized carbons (Fsp3) is 0.273. The van der Waals surface area contributed by atoms with Crippen LogP contribution in [0.2, 0.25) is 0 Å². The number of benzene rings is 1. The first kappa shape index (κ1) is 12.0. The number of aliphatic carboxylic acids is 1. The zero-order valence-electron chi connectivity index (χ0n) is 9.23. The van der Waals surface area contributed by atoms with Gasteiger partial charge in [-0.3, -0.25) is 4.79 Å². The largest absolute Gasteiger partial charge is 0.493 e. The van der Waals surface area contributed by atoms with Gasteiger partial charge in [-0.05, 0) is 18.6 Å². The molecule has 0 amide bonds. The molecule has 0 fully saturated rings. The van der Waals surface area contributed by atoms with Crippen molar-refractivity contribution in [2.75, 3.05) is 14.2 Å². The molecule has 0 spiro atoms. The Hall–Kier alpha value is -2.04. The van der Waals surface area contributed by atoms with Crippen molar-refractivity contribution in [3.05, 3.63) is 23.3 Å². The van der Waals surface area contributed by atoms with Crippen molar-refractivity contribution in [2.24, 2.45) is 0 Å². The van der Waals surface area contributed by atoms with Crippen LogP contribution in [-0.4, -0.2) is 31.1 Å². The summed E-state index contributed by atoms with van der Waals surface area (Å²) in [6.45, 7) is 1.77. The number of methoxy groups -OCH3 is 2. The van der Waals surface area contributed by atoms with Gasteiger partial charge in [0.15, 0.2) is 11.5 Å². The first-order valence-electron chi connectivity index (χ1n) is 4.52. The normalized spacial score (nSPS) is 9.69. The molecule has 0 atom stereocenters. The molecule has 5 heteroatoms. The molecule has 1 aromatic rings. The number of ketones is 1. The number of rotatable bonds is 4. The van der Waals surface area contributed by atoms with Crippen LogP contribution in [0.3, 0.4) is 0 Å². The molecule has 86 valence electrons. The van der Waals surface area contributed by atoms with Gasteiger partial charge in [0.05, 0.1) is 19.8 Å².